The second-order valence-electron chi connectivity index (χ2n) is 2.89. The Morgan fingerprint density at radius 3 is 2.13 bits per heavy atom. The Kier molecular flexibility index (Phi) is 3.35. The SMILES string of the molecule is C#CC(NN)c1ccc(C(F)(F)F)cc1. The predicted octanol–water partition coefficient (Wildman–Crippen LogP) is 1.84. The zero-order chi connectivity index (χ0) is 11.5. The van der Waals surface area contributed by atoms with Crippen LogP contribution in [0.15, 0.2) is 24.3 Å². The van der Waals surface area contributed by atoms with E-state index in [1.807, 2.05) is 0 Å². The highest BCUT2D eigenvalue weighted by Gasteiger charge is 2.30. The van der Waals surface area contributed by atoms with E-state index in [4.69, 9.17) is 12.3 Å². The molecule has 5 heteroatoms. The standard InChI is InChI=1S/C10H9F3N2/c1-2-9(15-14)7-3-5-8(6-4-7)10(11,12)13/h1,3-6,9,15H,14H2. The zero-order valence-electron chi connectivity index (χ0n) is 7.68. The van der Waals surface area contributed by atoms with Crippen molar-refractivity contribution < 1.29 is 13.2 Å². The van der Waals surface area contributed by atoms with Crippen LogP contribution < -0.4 is 11.3 Å². The van der Waals surface area contributed by atoms with Crippen LogP contribution in [-0.2, 0) is 6.18 Å². The van der Waals surface area contributed by atoms with E-state index in [1.54, 1.807) is 0 Å². The van der Waals surface area contributed by atoms with Crippen molar-refractivity contribution in [2.24, 2.45) is 5.84 Å². The van der Waals surface area contributed by atoms with E-state index in [2.05, 4.69) is 11.3 Å². The van der Waals surface area contributed by atoms with Gasteiger partial charge >= 0.3 is 6.18 Å². The molecule has 0 aliphatic carbocycles. The van der Waals surface area contributed by atoms with Gasteiger partial charge in [0.05, 0.1) is 5.56 Å². The van der Waals surface area contributed by atoms with Gasteiger partial charge in [0.2, 0.25) is 0 Å². The molecule has 0 bridgehead atoms. The molecule has 1 aromatic carbocycles. The summed E-state index contributed by atoms with van der Waals surface area (Å²) in [6, 6.07) is 3.96. The van der Waals surface area contributed by atoms with E-state index in [1.165, 1.54) is 12.1 Å². The number of hydrogen-bond acceptors (Lipinski definition) is 2. The van der Waals surface area contributed by atoms with Crippen LogP contribution >= 0.6 is 0 Å². The van der Waals surface area contributed by atoms with E-state index < -0.39 is 17.8 Å². The molecule has 15 heavy (non-hydrogen) atoms. The maximum Gasteiger partial charge on any atom is 0.416 e. The predicted molar refractivity (Wildman–Crippen MR) is 50.3 cm³/mol. The largest absolute Gasteiger partial charge is 0.416 e. The molecule has 0 saturated heterocycles. The lowest BCUT2D eigenvalue weighted by atomic mass is 10.1. The lowest BCUT2D eigenvalue weighted by molar-refractivity contribution is -0.137. The van der Waals surface area contributed by atoms with Gasteiger partial charge in [-0.3, -0.25) is 5.84 Å². The normalized spacial score (nSPS) is 13.3. The molecule has 2 nitrogen and oxygen atoms in total. The second kappa shape index (κ2) is 4.34. The second-order valence-corrected chi connectivity index (χ2v) is 2.89. The van der Waals surface area contributed by atoms with Gasteiger partial charge in [0.15, 0.2) is 0 Å². The van der Waals surface area contributed by atoms with Crippen LogP contribution in [0.2, 0.25) is 0 Å². The number of hydrazine groups is 1. The fourth-order valence-electron chi connectivity index (χ4n) is 1.11. The lowest BCUT2D eigenvalue weighted by Crippen LogP contribution is -2.26. The first kappa shape index (κ1) is 11.6. The number of halogens is 3. The minimum Gasteiger partial charge on any atom is -0.270 e. The highest BCUT2D eigenvalue weighted by atomic mass is 19.4. The number of nitrogens with one attached hydrogen (secondary N) is 1. The third kappa shape index (κ3) is 2.72. The van der Waals surface area contributed by atoms with E-state index in [9.17, 15) is 13.2 Å². The molecule has 0 saturated carbocycles. The molecule has 0 radical (unpaired) electrons. The van der Waals surface area contributed by atoms with Crippen LogP contribution in [-0.4, -0.2) is 0 Å². The zero-order valence-corrected chi connectivity index (χ0v) is 7.68. The summed E-state index contributed by atoms with van der Waals surface area (Å²) in [4.78, 5) is 0. The first-order valence-electron chi connectivity index (χ1n) is 4.08. The van der Waals surface area contributed by atoms with Crippen LogP contribution in [0.1, 0.15) is 17.2 Å². The van der Waals surface area contributed by atoms with Crippen molar-refractivity contribution in [1.29, 1.82) is 0 Å². The van der Waals surface area contributed by atoms with Crippen molar-refractivity contribution in [3.05, 3.63) is 35.4 Å². The number of nitrogens with two attached hydrogens (primary N) is 1. The molecular weight excluding hydrogens is 205 g/mol. The molecule has 80 valence electrons. The Morgan fingerprint density at radius 2 is 1.80 bits per heavy atom. The number of benzene rings is 1. The van der Waals surface area contributed by atoms with Crippen molar-refractivity contribution >= 4 is 0 Å². The smallest absolute Gasteiger partial charge is 0.270 e. The molecule has 0 amide bonds. The molecule has 1 atom stereocenters. The van der Waals surface area contributed by atoms with E-state index in [0.29, 0.717) is 5.56 Å². The molecule has 0 aromatic heterocycles. The van der Waals surface area contributed by atoms with E-state index in [-0.39, 0.29) is 0 Å². The van der Waals surface area contributed by atoms with Crippen molar-refractivity contribution in [3.8, 4) is 12.3 Å². The Balaban J connectivity index is 2.96. The Labute approximate surface area is 85.2 Å². The third-order valence-corrected chi connectivity index (χ3v) is 1.90. The number of rotatable bonds is 2. The molecule has 0 fully saturated rings. The van der Waals surface area contributed by atoms with Crippen LogP contribution in [0.25, 0.3) is 0 Å². The van der Waals surface area contributed by atoms with Crippen LogP contribution in [0, 0.1) is 12.3 Å². The maximum atomic E-state index is 12.2. The molecule has 1 aromatic rings. The average Bonchev–Trinajstić information content (AvgIpc) is 2.19. The van der Waals surface area contributed by atoms with Gasteiger partial charge in [0.1, 0.15) is 6.04 Å². The van der Waals surface area contributed by atoms with Gasteiger partial charge in [-0.25, -0.2) is 5.43 Å². The summed E-state index contributed by atoms with van der Waals surface area (Å²) in [5.41, 5.74) is 2.12. The van der Waals surface area contributed by atoms with Gasteiger partial charge in [0, 0.05) is 0 Å². The molecule has 0 heterocycles. The summed E-state index contributed by atoms with van der Waals surface area (Å²) in [5, 5.41) is 0. The van der Waals surface area contributed by atoms with Gasteiger partial charge in [-0.2, -0.15) is 13.2 Å². The minimum atomic E-state index is -4.33. The monoisotopic (exact) mass is 214 g/mol. The number of terminal acetylenes is 1. The van der Waals surface area contributed by atoms with Gasteiger partial charge in [-0.1, -0.05) is 18.1 Å². The summed E-state index contributed by atoms with van der Waals surface area (Å²) in [6.07, 6.45) is 0.791. The first-order valence-corrected chi connectivity index (χ1v) is 4.08. The molecule has 3 N–H and O–H groups in total. The summed E-state index contributed by atoms with van der Waals surface area (Å²) in [7, 11) is 0. The number of hydrogen-bond donors (Lipinski definition) is 2. The summed E-state index contributed by atoms with van der Waals surface area (Å²) < 4.78 is 36.6. The highest BCUT2D eigenvalue weighted by Crippen LogP contribution is 2.29. The molecule has 0 aliphatic rings. The quantitative estimate of drug-likeness (QED) is 0.448. The van der Waals surface area contributed by atoms with Crippen molar-refractivity contribution in [1.82, 2.24) is 5.43 Å². The Morgan fingerprint density at radius 1 is 1.27 bits per heavy atom. The summed E-state index contributed by atoms with van der Waals surface area (Å²) >= 11 is 0. The van der Waals surface area contributed by atoms with Gasteiger partial charge in [0.25, 0.3) is 0 Å². The fourth-order valence-corrected chi connectivity index (χ4v) is 1.11. The first-order chi connectivity index (χ1) is 6.99. The third-order valence-electron chi connectivity index (χ3n) is 1.90. The maximum absolute atomic E-state index is 12.2. The van der Waals surface area contributed by atoms with Gasteiger partial charge in [-0.15, -0.1) is 6.42 Å². The number of alkyl halides is 3. The molecule has 1 rings (SSSR count). The minimum absolute atomic E-state index is 0.521. The van der Waals surface area contributed by atoms with E-state index >= 15 is 0 Å². The van der Waals surface area contributed by atoms with E-state index in [0.717, 1.165) is 12.1 Å². The van der Waals surface area contributed by atoms with Crippen LogP contribution in [0.4, 0.5) is 13.2 Å². The van der Waals surface area contributed by atoms with Crippen molar-refractivity contribution in [3.63, 3.8) is 0 Å². The summed E-state index contributed by atoms with van der Waals surface area (Å²) in [6.45, 7) is 0. The Hall–Kier alpha value is -1.51. The van der Waals surface area contributed by atoms with Crippen molar-refractivity contribution in [2.75, 3.05) is 0 Å². The van der Waals surface area contributed by atoms with Crippen LogP contribution in [0.3, 0.4) is 0 Å². The van der Waals surface area contributed by atoms with Crippen LogP contribution in [0.5, 0.6) is 0 Å². The molecular formula is C10H9F3N2. The average molecular weight is 214 g/mol. The lowest BCUT2D eigenvalue weighted by Gasteiger charge is -2.11. The van der Waals surface area contributed by atoms with Crippen molar-refractivity contribution in [2.45, 2.75) is 12.2 Å². The van der Waals surface area contributed by atoms with Gasteiger partial charge < -0.3 is 0 Å². The summed E-state index contributed by atoms with van der Waals surface area (Å²) in [5.74, 6) is 7.43. The fraction of sp³-hybridized carbons (Fsp3) is 0.200. The molecule has 0 spiro atoms. The molecule has 0 aliphatic heterocycles. The van der Waals surface area contributed by atoms with Gasteiger partial charge in [-0.05, 0) is 17.7 Å². The molecule has 1 unspecified atom stereocenters. The Bertz CT molecular complexity index is 362. The highest BCUT2D eigenvalue weighted by molar-refractivity contribution is 5.30. The topological polar surface area (TPSA) is 38.0 Å².